The average molecular weight is 459 g/mol. The van der Waals surface area contributed by atoms with Crippen LogP contribution in [0, 0.1) is 0 Å². The van der Waals surface area contributed by atoms with Gasteiger partial charge in [0.2, 0.25) is 5.91 Å². The van der Waals surface area contributed by atoms with Crippen LogP contribution in [0.25, 0.3) is 10.9 Å². The highest BCUT2D eigenvalue weighted by atomic mass is 32.1. The Labute approximate surface area is 196 Å². The van der Waals surface area contributed by atoms with Crippen molar-refractivity contribution in [3.63, 3.8) is 0 Å². The molecular weight excluding hydrogens is 432 g/mol. The summed E-state index contributed by atoms with van der Waals surface area (Å²) in [4.78, 5) is 31.0. The van der Waals surface area contributed by atoms with E-state index in [2.05, 4.69) is 51.0 Å². The molecule has 4 aromatic rings. The first-order valence-electron chi connectivity index (χ1n) is 11.2. The van der Waals surface area contributed by atoms with Crippen LogP contribution in [0.3, 0.4) is 0 Å². The third-order valence-corrected chi connectivity index (χ3v) is 7.06. The molecular formula is C26H26N4O2S. The highest BCUT2D eigenvalue weighted by Gasteiger charge is 2.24. The second kappa shape index (κ2) is 9.60. The fourth-order valence-electron chi connectivity index (χ4n) is 4.47. The van der Waals surface area contributed by atoms with Gasteiger partial charge in [-0.1, -0.05) is 24.3 Å². The normalized spacial score (nSPS) is 14.9. The van der Waals surface area contributed by atoms with Crippen molar-refractivity contribution in [2.75, 3.05) is 30.3 Å². The van der Waals surface area contributed by atoms with Gasteiger partial charge in [-0.15, -0.1) is 11.3 Å². The van der Waals surface area contributed by atoms with Crippen LogP contribution < -0.4 is 10.6 Å². The number of nitrogens with zero attached hydrogens (tertiary/aromatic N) is 1. The van der Waals surface area contributed by atoms with E-state index in [1.54, 1.807) is 18.2 Å². The number of likely N-dealkylation sites (tertiary alicyclic amines) is 1. The standard InChI is InChI=1S/C26H26N4O2S/c31-25(28-19-7-9-20(10-8-19)29-26(32)24-6-3-15-33-24)17-30-13-11-18(12-14-30)22-16-27-23-5-2-1-4-21(22)23/h1-10,15-16,18,27H,11-14,17H2,(H,28,31)(H,29,32). The second-order valence-corrected chi connectivity index (χ2v) is 9.34. The summed E-state index contributed by atoms with van der Waals surface area (Å²) in [5.41, 5.74) is 4.00. The zero-order chi connectivity index (χ0) is 22.6. The minimum atomic E-state index is -0.127. The van der Waals surface area contributed by atoms with Gasteiger partial charge >= 0.3 is 0 Å². The molecule has 2 amide bonds. The first kappa shape index (κ1) is 21.4. The van der Waals surface area contributed by atoms with Crippen LogP contribution in [0.15, 0.2) is 72.2 Å². The second-order valence-electron chi connectivity index (χ2n) is 8.40. The van der Waals surface area contributed by atoms with Crippen molar-refractivity contribution in [1.82, 2.24) is 9.88 Å². The topological polar surface area (TPSA) is 77.2 Å². The van der Waals surface area contributed by atoms with Gasteiger partial charge in [0, 0.05) is 28.5 Å². The van der Waals surface area contributed by atoms with Gasteiger partial charge in [0.05, 0.1) is 11.4 Å². The summed E-state index contributed by atoms with van der Waals surface area (Å²) >= 11 is 1.40. The van der Waals surface area contributed by atoms with E-state index < -0.39 is 0 Å². The summed E-state index contributed by atoms with van der Waals surface area (Å²) in [6.45, 7) is 2.20. The first-order chi connectivity index (χ1) is 16.2. The van der Waals surface area contributed by atoms with E-state index >= 15 is 0 Å². The molecule has 3 heterocycles. The van der Waals surface area contributed by atoms with Gasteiger partial charge in [-0.05, 0) is 79.2 Å². The van der Waals surface area contributed by atoms with E-state index in [0.717, 1.165) is 31.6 Å². The molecule has 0 spiro atoms. The van der Waals surface area contributed by atoms with E-state index in [-0.39, 0.29) is 11.8 Å². The number of carbonyl (C=O) groups is 2. The minimum absolute atomic E-state index is 0.0177. The molecule has 7 heteroatoms. The molecule has 0 bridgehead atoms. The number of hydrogen-bond donors (Lipinski definition) is 3. The Hall–Kier alpha value is -3.42. The van der Waals surface area contributed by atoms with Gasteiger partial charge in [0.1, 0.15) is 0 Å². The SMILES string of the molecule is O=C(CN1CCC(c2c[nH]c3ccccc23)CC1)Nc1ccc(NC(=O)c2cccs2)cc1. The van der Waals surface area contributed by atoms with Crippen LogP contribution in [0.1, 0.15) is 34.0 Å². The van der Waals surface area contributed by atoms with Crippen molar-refractivity contribution in [1.29, 1.82) is 0 Å². The maximum absolute atomic E-state index is 12.6. The van der Waals surface area contributed by atoms with Gasteiger partial charge in [-0.25, -0.2) is 0 Å². The van der Waals surface area contributed by atoms with Crippen molar-refractivity contribution in [3.8, 4) is 0 Å². The Morgan fingerprint density at radius 2 is 1.67 bits per heavy atom. The molecule has 0 atom stereocenters. The van der Waals surface area contributed by atoms with Crippen molar-refractivity contribution in [2.24, 2.45) is 0 Å². The van der Waals surface area contributed by atoms with Gasteiger partial charge < -0.3 is 15.6 Å². The maximum Gasteiger partial charge on any atom is 0.265 e. The van der Waals surface area contributed by atoms with Crippen LogP contribution in [-0.4, -0.2) is 41.3 Å². The summed E-state index contributed by atoms with van der Waals surface area (Å²) in [6, 6.07) is 19.3. The number of rotatable bonds is 6. The van der Waals surface area contributed by atoms with Crippen molar-refractivity contribution in [3.05, 3.63) is 82.7 Å². The third kappa shape index (κ3) is 4.99. The van der Waals surface area contributed by atoms with Gasteiger partial charge in [-0.2, -0.15) is 0 Å². The molecule has 2 aromatic carbocycles. The van der Waals surface area contributed by atoms with Crippen LogP contribution in [0.2, 0.25) is 0 Å². The molecule has 0 aliphatic carbocycles. The number of hydrogen-bond acceptors (Lipinski definition) is 4. The monoisotopic (exact) mass is 458 g/mol. The highest BCUT2D eigenvalue weighted by molar-refractivity contribution is 7.12. The maximum atomic E-state index is 12.6. The predicted molar refractivity (Wildman–Crippen MR) is 134 cm³/mol. The lowest BCUT2D eigenvalue weighted by atomic mass is 9.89. The number of amides is 2. The number of anilines is 2. The quantitative estimate of drug-likeness (QED) is 0.367. The first-order valence-corrected chi connectivity index (χ1v) is 12.1. The molecule has 1 aliphatic heterocycles. The number of carbonyl (C=O) groups excluding carboxylic acids is 2. The fourth-order valence-corrected chi connectivity index (χ4v) is 5.09. The lowest BCUT2D eigenvalue weighted by Crippen LogP contribution is -2.38. The molecule has 1 fully saturated rings. The number of aromatic amines is 1. The number of nitrogens with one attached hydrogen (secondary N) is 3. The van der Waals surface area contributed by atoms with Gasteiger partial charge in [0.25, 0.3) is 5.91 Å². The molecule has 5 rings (SSSR count). The van der Waals surface area contributed by atoms with Gasteiger partial charge in [-0.3, -0.25) is 14.5 Å². The molecule has 6 nitrogen and oxygen atoms in total. The number of fused-ring (bicyclic) bond motifs is 1. The smallest absolute Gasteiger partial charge is 0.265 e. The number of aromatic nitrogens is 1. The summed E-state index contributed by atoms with van der Waals surface area (Å²) < 4.78 is 0. The molecule has 1 saturated heterocycles. The van der Waals surface area contributed by atoms with Crippen LogP contribution in [0.5, 0.6) is 0 Å². The van der Waals surface area contributed by atoms with E-state index in [1.807, 2.05) is 23.6 Å². The lowest BCUT2D eigenvalue weighted by Gasteiger charge is -2.31. The zero-order valence-electron chi connectivity index (χ0n) is 18.2. The molecule has 33 heavy (non-hydrogen) atoms. The third-order valence-electron chi connectivity index (χ3n) is 6.19. The van der Waals surface area contributed by atoms with Crippen molar-refractivity contribution < 1.29 is 9.59 Å². The summed E-state index contributed by atoms with van der Waals surface area (Å²) in [7, 11) is 0. The van der Waals surface area contributed by atoms with Crippen LogP contribution in [0.4, 0.5) is 11.4 Å². The fraction of sp³-hybridized carbons (Fsp3) is 0.231. The predicted octanol–water partition coefficient (Wildman–Crippen LogP) is 5.30. The number of H-pyrrole nitrogens is 1. The highest BCUT2D eigenvalue weighted by Crippen LogP contribution is 2.33. The number of benzene rings is 2. The molecule has 2 aromatic heterocycles. The minimum Gasteiger partial charge on any atom is -0.361 e. The Morgan fingerprint density at radius 1 is 0.939 bits per heavy atom. The Balaban J connectivity index is 1.10. The largest absolute Gasteiger partial charge is 0.361 e. The van der Waals surface area contributed by atoms with Crippen molar-refractivity contribution >= 4 is 45.4 Å². The van der Waals surface area contributed by atoms with E-state index in [0.29, 0.717) is 23.0 Å². The summed E-state index contributed by atoms with van der Waals surface area (Å²) in [5, 5.41) is 9.01. The Morgan fingerprint density at radius 3 is 2.39 bits per heavy atom. The number of para-hydroxylation sites is 1. The molecule has 0 radical (unpaired) electrons. The molecule has 168 valence electrons. The molecule has 1 aliphatic rings. The molecule has 0 saturated carbocycles. The average Bonchev–Trinajstić information content (AvgIpc) is 3.51. The van der Waals surface area contributed by atoms with E-state index in [4.69, 9.17) is 0 Å². The van der Waals surface area contributed by atoms with Gasteiger partial charge in [0.15, 0.2) is 0 Å². The molecule has 3 N–H and O–H groups in total. The Kier molecular flexibility index (Phi) is 6.24. The van der Waals surface area contributed by atoms with Crippen molar-refractivity contribution in [2.45, 2.75) is 18.8 Å². The number of thiophene rings is 1. The Bertz CT molecular complexity index is 1240. The van der Waals surface area contributed by atoms with E-state index in [1.165, 1.54) is 27.8 Å². The van der Waals surface area contributed by atoms with Crippen LogP contribution >= 0.6 is 11.3 Å². The van der Waals surface area contributed by atoms with E-state index in [9.17, 15) is 9.59 Å². The zero-order valence-corrected chi connectivity index (χ0v) is 19.0. The summed E-state index contributed by atoms with van der Waals surface area (Å²) in [5.74, 6) is 0.381. The number of piperidine rings is 1. The van der Waals surface area contributed by atoms with Crippen LogP contribution in [-0.2, 0) is 4.79 Å². The molecule has 0 unspecified atom stereocenters. The lowest BCUT2D eigenvalue weighted by molar-refractivity contribution is -0.117. The summed E-state index contributed by atoms with van der Waals surface area (Å²) in [6.07, 6.45) is 4.24.